The summed E-state index contributed by atoms with van der Waals surface area (Å²) in [6.07, 6.45) is 0. The third-order valence-electron chi connectivity index (χ3n) is 2.44. The lowest BCUT2D eigenvalue weighted by molar-refractivity contribution is 0.924. The van der Waals surface area contributed by atoms with Gasteiger partial charge in [0.2, 0.25) is 0 Å². The van der Waals surface area contributed by atoms with Crippen molar-refractivity contribution in [3.05, 3.63) is 46.1 Å². The largest absolute Gasteiger partial charge is 0.326 e. The van der Waals surface area contributed by atoms with Crippen molar-refractivity contribution in [2.24, 2.45) is 5.73 Å². The number of hydrogen-bond donors (Lipinski definition) is 1. The van der Waals surface area contributed by atoms with Gasteiger partial charge in [0.15, 0.2) is 0 Å². The highest BCUT2D eigenvalue weighted by molar-refractivity contribution is 9.10. The second-order valence-electron chi connectivity index (χ2n) is 3.55. The maximum Gasteiger partial charge on any atom is 0.0933 e. The van der Waals surface area contributed by atoms with Gasteiger partial charge in [0.25, 0.3) is 0 Å². The van der Waals surface area contributed by atoms with Crippen LogP contribution in [0.5, 0.6) is 0 Å². The molecule has 4 heteroatoms. The first-order valence-corrected chi connectivity index (χ1v) is 5.79. The molecule has 3 nitrogen and oxygen atoms in total. The van der Waals surface area contributed by atoms with Crippen molar-refractivity contribution in [2.75, 3.05) is 0 Å². The highest BCUT2D eigenvalue weighted by Crippen LogP contribution is 2.20. The molecule has 0 saturated carbocycles. The first kappa shape index (κ1) is 11.2. The van der Waals surface area contributed by atoms with Gasteiger partial charge in [-0.15, -0.1) is 0 Å². The molecule has 0 aliphatic heterocycles. The fourth-order valence-corrected chi connectivity index (χ4v) is 1.72. The molecule has 0 aliphatic carbocycles. The molecule has 1 heterocycles. The van der Waals surface area contributed by atoms with Crippen LogP contribution in [0.1, 0.15) is 11.3 Å². The molecule has 2 rings (SSSR count). The average molecular weight is 278 g/mol. The van der Waals surface area contributed by atoms with Crippen LogP contribution in [0.15, 0.2) is 34.8 Å². The summed E-state index contributed by atoms with van der Waals surface area (Å²) in [5.74, 6) is 0. The van der Waals surface area contributed by atoms with E-state index in [-0.39, 0.29) is 0 Å². The number of rotatable bonds is 2. The Labute approximate surface area is 103 Å². The van der Waals surface area contributed by atoms with Crippen molar-refractivity contribution in [3.8, 4) is 11.3 Å². The predicted octanol–water partition coefficient (Wildman–Crippen LogP) is 2.67. The van der Waals surface area contributed by atoms with E-state index in [1.54, 1.807) is 0 Å². The molecule has 2 N–H and O–H groups in total. The molecule has 0 saturated heterocycles. The van der Waals surface area contributed by atoms with E-state index in [1.165, 1.54) is 0 Å². The van der Waals surface area contributed by atoms with Gasteiger partial charge in [-0.3, -0.25) is 0 Å². The summed E-state index contributed by atoms with van der Waals surface area (Å²) in [6, 6.07) is 9.97. The van der Waals surface area contributed by atoms with Crippen molar-refractivity contribution in [3.63, 3.8) is 0 Å². The van der Waals surface area contributed by atoms with Crippen LogP contribution < -0.4 is 5.73 Å². The molecule has 0 fully saturated rings. The summed E-state index contributed by atoms with van der Waals surface area (Å²) in [5.41, 5.74) is 9.48. The highest BCUT2D eigenvalue weighted by atomic mass is 79.9. The first-order valence-electron chi connectivity index (χ1n) is 5.00. The zero-order valence-electron chi connectivity index (χ0n) is 8.94. The second kappa shape index (κ2) is 4.72. The van der Waals surface area contributed by atoms with Gasteiger partial charge in [0.05, 0.1) is 11.4 Å². The van der Waals surface area contributed by atoms with E-state index in [0.29, 0.717) is 6.54 Å². The van der Waals surface area contributed by atoms with Gasteiger partial charge in [-0.25, -0.2) is 0 Å². The van der Waals surface area contributed by atoms with E-state index in [9.17, 15) is 0 Å². The summed E-state index contributed by atoms with van der Waals surface area (Å²) in [7, 11) is 0. The van der Waals surface area contributed by atoms with Crippen LogP contribution in [-0.4, -0.2) is 10.2 Å². The van der Waals surface area contributed by atoms with Gasteiger partial charge in [0, 0.05) is 16.6 Å². The zero-order valence-corrected chi connectivity index (χ0v) is 10.5. The van der Waals surface area contributed by atoms with Gasteiger partial charge >= 0.3 is 0 Å². The standard InChI is InChI=1S/C12H12BrN3/c1-8-10(7-14)6-12(16-15-8)9-2-4-11(13)5-3-9/h2-6H,7,14H2,1H3. The Balaban J connectivity index is 2.44. The van der Waals surface area contributed by atoms with E-state index in [2.05, 4.69) is 26.1 Å². The maximum absolute atomic E-state index is 5.65. The summed E-state index contributed by atoms with van der Waals surface area (Å²) in [6.45, 7) is 2.41. The fourth-order valence-electron chi connectivity index (χ4n) is 1.46. The van der Waals surface area contributed by atoms with Crippen LogP contribution in [0, 0.1) is 6.92 Å². The second-order valence-corrected chi connectivity index (χ2v) is 4.47. The summed E-state index contributed by atoms with van der Waals surface area (Å²) in [4.78, 5) is 0. The SMILES string of the molecule is Cc1nnc(-c2ccc(Br)cc2)cc1CN. The molecular weight excluding hydrogens is 266 g/mol. The van der Waals surface area contributed by atoms with Gasteiger partial charge in [0.1, 0.15) is 0 Å². The molecule has 1 aromatic heterocycles. The first-order chi connectivity index (χ1) is 7.70. The van der Waals surface area contributed by atoms with Crippen molar-refractivity contribution < 1.29 is 0 Å². The summed E-state index contributed by atoms with van der Waals surface area (Å²) in [5, 5.41) is 8.27. The molecule has 0 unspecified atom stereocenters. The molecule has 0 radical (unpaired) electrons. The molecule has 0 amide bonds. The van der Waals surface area contributed by atoms with Crippen LogP contribution >= 0.6 is 15.9 Å². The van der Waals surface area contributed by atoms with Crippen LogP contribution in [-0.2, 0) is 6.54 Å². The molecule has 16 heavy (non-hydrogen) atoms. The van der Waals surface area contributed by atoms with Crippen LogP contribution in [0.2, 0.25) is 0 Å². The number of nitrogens with zero attached hydrogens (tertiary/aromatic N) is 2. The maximum atomic E-state index is 5.65. The monoisotopic (exact) mass is 277 g/mol. The molecule has 82 valence electrons. The minimum Gasteiger partial charge on any atom is -0.326 e. The van der Waals surface area contributed by atoms with E-state index in [0.717, 1.165) is 27.0 Å². The highest BCUT2D eigenvalue weighted by Gasteiger charge is 2.04. The van der Waals surface area contributed by atoms with Gasteiger partial charge in [-0.05, 0) is 30.7 Å². The van der Waals surface area contributed by atoms with Gasteiger partial charge in [-0.2, -0.15) is 10.2 Å². The summed E-state index contributed by atoms with van der Waals surface area (Å²) >= 11 is 3.40. The number of halogens is 1. The van der Waals surface area contributed by atoms with Crippen molar-refractivity contribution in [2.45, 2.75) is 13.5 Å². The molecule has 2 aromatic rings. The lowest BCUT2D eigenvalue weighted by atomic mass is 10.1. The molecule has 0 atom stereocenters. The predicted molar refractivity (Wildman–Crippen MR) is 67.8 cm³/mol. The third kappa shape index (κ3) is 2.28. The average Bonchev–Trinajstić information content (AvgIpc) is 2.31. The molecular formula is C12H12BrN3. The topological polar surface area (TPSA) is 51.8 Å². The van der Waals surface area contributed by atoms with Crippen molar-refractivity contribution in [1.82, 2.24) is 10.2 Å². The van der Waals surface area contributed by atoms with E-state index < -0.39 is 0 Å². The van der Waals surface area contributed by atoms with Gasteiger partial charge < -0.3 is 5.73 Å². The Morgan fingerprint density at radius 2 is 1.88 bits per heavy atom. The zero-order chi connectivity index (χ0) is 11.5. The minimum absolute atomic E-state index is 0.491. The Kier molecular flexibility index (Phi) is 3.31. The molecule has 0 aliphatic rings. The number of hydrogen-bond acceptors (Lipinski definition) is 3. The molecule has 1 aromatic carbocycles. The number of aryl methyl sites for hydroxylation is 1. The smallest absolute Gasteiger partial charge is 0.0933 e. The van der Waals surface area contributed by atoms with E-state index in [1.807, 2.05) is 37.3 Å². The third-order valence-corrected chi connectivity index (χ3v) is 2.97. The van der Waals surface area contributed by atoms with E-state index >= 15 is 0 Å². The van der Waals surface area contributed by atoms with Crippen LogP contribution in [0.4, 0.5) is 0 Å². The molecule has 0 bridgehead atoms. The van der Waals surface area contributed by atoms with E-state index in [4.69, 9.17) is 5.73 Å². The Hall–Kier alpha value is -1.26. The lowest BCUT2D eigenvalue weighted by Gasteiger charge is -2.05. The Bertz CT molecular complexity index is 494. The number of benzene rings is 1. The normalized spacial score (nSPS) is 10.4. The van der Waals surface area contributed by atoms with Crippen molar-refractivity contribution >= 4 is 15.9 Å². The van der Waals surface area contributed by atoms with Crippen molar-refractivity contribution in [1.29, 1.82) is 0 Å². The fraction of sp³-hybridized carbons (Fsp3) is 0.167. The minimum atomic E-state index is 0.491. The van der Waals surface area contributed by atoms with Gasteiger partial charge in [-0.1, -0.05) is 28.1 Å². The van der Waals surface area contributed by atoms with Crippen LogP contribution in [0.3, 0.4) is 0 Å². The number of aromatic nitrogens is 2. The Morgan fingerprint density at radius 1 is 1.19 bits per heavy atom. The quantitative estimate of drug-likeness (QED) is 0.918. The number of nitrogens with two attached hydrogens (primary N) is 1. The Morgan fingerprint density at radius 3 is 2.50 bits per heavy atom. The summed E-state index contributed by atoms with van der Waals surface area (Å²) < 4.78 is 1.05. The molecule has 0 spiro atoms. The lowest BCUT2D eigenvalue weighted by Crippen LogP contribution is -2.03. The van der Waals surface area contributed by atoms with Crippen LogP contribution in [0.25, 0.3) is 11.3 Å².